The van der Waals surface area contributed by atoms with Crippen LogP contribution in [0, 0.1) is 0 Å². The number of benzene rings is 1. The molecule has 3 aliphatic rings. The van der Waals surface area contributed by atoms with Gasteiger partial charge in [0, 0.05) is 32.7 Å². The summed E-state index contributed by atoms with van der Waals surface area (Å²) in [6.07, 6.45) is 7.01. The van der Waals surface area contributed by atoms with Gasteiger partial charge in [0.1, 0.15) is 11.7 Å². The van der Waals surface area contributed by atoms with E-state index in [1.807, 2.05) is 18.2 Å². The van der Waals surface area contributed by atoms with E-state index in [0.717, 1.165) is 56.6 Å². The summed E-state index contributed by atoms with van der Waals surface area (Å²) < 4.78 is 9.25. The molecule has 0 saturated carbocycles. The van der Waals surface area contributed by atoms with E-state index in [1.165, 1.54) is 25.7 Å². The summed E-state index contributed by atoms with van der Waals surface area (Å²) in [7, 11) is -2.48. The summed E-state index contributed by atoms with van der Waals surface area (Å²) in [6, 6.07) is 8.16. The largest absolute Gasteiger partial charge is 0.370 e. The Kier molecular flexibility index (Phi) is 4.45. The SMILES string of the molecule is O[P+](N1CCCC1)(N1CCCC1)N1CCCC1n1nnc2ccccc21. The topological polar surface area (TPSA) is 60.7 Å². The maximum Gasteiger partial charge on any atom is 0.370 e. The Balaban J connectivity index is 1.54. The van der Waals surface area contributed by atoms with Gasteiger partial charge in [-0.1, -0.05) is 22.0 Å². The molecule has 0 amide bonds. The quantitative estimate of drug-likeness (QED) is 0.830. The molecule has 7 nitrogen and oxygen atoms in total. The second-order valence-electron chi connectivity index (χ2n) is 7.67. The van der Waals surface area contributed by atoms with E-state index in [2.05, 4.69) is 35.1 Å². The Hall–Kier alpha value is -1.11. The standard InChI is InChI=1S/C18H28N6OP/c25-26(21-11-3-4-12-21,22-13-5-6-14-22)23-15-7-10-18(23)24-17-9-2-1-8-16(17)19-20-24/h1-2,8-9,18,25H,3-7,10-15H2/q+1. The van der Waals surface area contributed by atoms with Crippen molar-refractivity contribution in [3.8, 4) is 0 Å². The van der Waals surface area contributed by atoms with E-state index < -0.39 is 7.94 Å². The fourth-order valence-corrected chi connectivity index (χ4v) is 8.47. The third kappa shape index (κ3) is 2.60. The highest BCUT2D eigenvalue weighted by Gasteiger charge is 2.61. The first kappa shape index (κ1) is 17.0. The minimum atomic E-state index is -2.48. The van der Waals surface area contributed by atoms with Crippen LogP contribution in [-0.2, 0) is 0 Å². The summed E-state index contributed by atoms with van der Waals surface area (Å²) in [5.74, 6) is 0. The monoisotopic (exact) mass is 375 g/mol. The Bertz CT molecular complexity index is 754. The van der Waals surface area contributed by atoms with E-state index in [1.54, 1.807) is 0 Å². The van der Waals surface area contributed by atoms with Gasteiger partial charge in [-0.3, -0.25) is 0 Å². The zero-order chi connectivity index (χ0) is 17.6. The summed E-state index contributed by atoms with van der Waals surface area (Å²) in [6.45, 7) is 5.00. The fraction of sp³-hybridized carbons (Fsp3) is 0.667. The van der Waals surface area contributed by atoms with Crippen molar-refractivity contribution in [3.05, 3.63) is 24.3 Å². The first-order valence-electron chi connectivity index (χ1n) is 9.98. The van der Waals surface area contributed by atoms with Crippen LogP contribution in [0.25, 0.3) is 11.0 Å². The van der Waals surface area contributed by atoms with Gasteiger partial charge in [-0.2, -0.15) is 4.89 Å². The zero-order valence-electron chi connectivity index (χ0n) is 15.2. The molecule has 0 aliphatic carbocycles. The highest BCUT2D eigenvalue weighted by molar-refractivity contribution is 7.63. The molecule has 1 unspecified atom stereocenters. The lowest BCUT2D eigenvalue weighted by molar-refractivity contribution is 0.211. The molecule has 140 valence electrons. The molecule has 3 fully saturated rings. The van der Waals surface area contributed by atoms with E-state index in [9.17, 15) is 4.89 Å². The van der Waals surface area contributed by atoms with Crippen LogP contribution in [0.1, 0.15) is 44.7 Å². The molecule has 8 heteroatoms. The number of aromatic nitrogens is 3. The van der Waals surface area contributed by atoms with Gasteiger partial charge in [0.2, 0.25) is 0 Å². The smallest absolute Gasteiger partial charge is 0.224 e. The summed E-state index contributed by atoms with van der Waals surface area (Å²) in [4.78, 5) is 12.2. The minimum absolute atomic E-state index is 0.0990. The third-order valence-electron chi connectivity index (χ3n) is 6.12. The van der Waals surface area contributed by atoms with Gasteiger partial charge in [-0.25, -0.2) is 4.68 Å². The summed E-state index contributed by atoms with van der Waals surface area (Å²) >= 11 is 0. The molecule has 0 spiro atoms. The van der Waals surface area contributed by atoms with Crippen molar-refractivity contribution in [2.75, 3.05) is 32.7 Å². The first-order chi connectivity index (χ1) is 12.8. The molecule has 1 N–H and O–H groups in total. The summed E-state index contributed by atoms with van der Waals surface area (Å²) in [5.41, 5.74) is 2.00. The van der Waals surface area contributed by atoms with Gasteiger partial charge < -0.3 is 0 Å². The van der Waals surface area contributed by atoms with Gasteiger partial charge in [-0.05, 0) is 50.7 Å². The molecule has 1 atom stereocenters. The van der Waals surface area contributed by atoms with Crippen molar-refractivity contribution in [2.24, 2.45) is 0 Å². The maximum absolute atomic E-state index is 12.2. The number of rotatable bonds is 4. The van der Waals surface area contributed by atoms with Crippen LogP contribution in [0.4, 0.5) is 0 Å². The van der Waals surface area contributed by atoms with Gasteiger partial charge in [0.15, 0.2) is 0 Å². The predicted octanol–water partition coefficient (Wildman–Crippen LogP) is 2.89. The molecular formula is C18H28N6OP+. The molecule has 3 saturated heterocycles. The molecule has 4 heterocycles. The molecule has 2 aromatic rings. The van der Waals surface area contributed by atoms with Crippen LogP contribution in [0.2, 0.25) is 0 Å². The molecule has 0 bridgehead atoms. The van der Waals surface area contributed by atoms with E-state index in [4.69, 9.17) is 0 Å². The Morgan fingerprint density at radius 2 is 1.54 bits per heavy atom. The fourth-order valence-electron chi connectivity index (χ4n) is 4.84. The maximum atomic E-state index is 12.2. The average Bonchev–Trinajstić information content (AvgIpc) is 3.48. The van der Waals surface area contributed by atoms with Crippen LogP contribution >= 0.6 is 7.94 Å². The predicted molar refractivity (Wildman–Crippen MR) is 103 cm³/mol. The lowest BCUT2D eigenvalue weighted by atomic mass is 10.3. The molecule has 5 rings (SSSR count). The van der Waals surface area contributed by atoms with Crippen molar-refractivity contribution in [1.29, 1.82) is 0 Å². The second kappa shape index (κ2) is 6.80. The summed E-state index contributed by atoms with van der Waals surface area (Å²) in [5, 5.41) is 8.85. The van der Waals surface area contributed by atoms with Crippen LogP contribution in [0.5, 0.6) is 0 Å². The first-order valence-corrected chi connectivity index (χ1v) is 11.6. The van der Waals surface area contributed by atoms with Crippen LogP contribution < -0.4 is 0 Å². The minimum Gasteiger partial charge on any atom is -0.224 e. The Labute approximate surface area is 155 Å². The van der Waals surface area contributed by atoms with Gasteiger partial charge in [0.05, 0.1) is 5.52 Å². The van der Waals surface area contributed by atoms with Crippen LogP contribution in [0.15, 0.2) is 24.3 Å². The van der Waals surface area contributed by atoms with Crippen LogP contribution in [-0.4, -0.2) is 66.6 Å². The van der Waals surface area contributed by atoms with Crippen molar-refractivity contribution < 1.29 is 4.89 Å². The molecule has 0 radical (unpaired) electrons. The number of nitrogens with zero attached hydrogens (tertiary/aromatic N) is 6. The zero-order valence-corrected chi connectivity index (χ0v) is 16.1. The highest BCUT2D eigenvalue weighted by Crippen LogP contribution is 2.69. The van der Waals surface area contributed by atoms with E-state index in [0.29, 0.717) is 0 Å². The lowest BCUT2D eigenvalue weighted by Gasteiger charge is -2.40. The molecule has 1 aromatic heterocycles. The number of para-hydroxylation sites is 1. The third-order valence-corrected chi connectivity index (χ3v) is 9.60. The molecule has 1 aromatic carbocycles. The highest BCUT2D eigenvalue weighted by atomic mass is 31.2. The Morgan fingerprint density at radius 1 is 0.885 bits per heavy atom. The Morgan fingerprint density at radius 3 is 2.23 bits per heavy atom. The van der Waals surface area contributed by atoms with E-state index in [-0.39, 0.29) is 6.17 Å². The van der Waals surface area contributed by atoms with E-state index >= 15 is 0 Å². The molecule has 3 aliphatic heterocycles. The molecule has 26 heavy (non-hydrogen) atoms. The van der Waals surface area contributed by atoms with Gasteiger partial charge in [0.25, 0.3) is 0 Å². The van der Waals surface area contributed by atoms with Crippen molar-refractivity contribution in [3.63, 3.8) is 0 Å². The second-order valence-corrected chi connectivity index (χ2v) is 10.4. The van der Waals surface area contributed by atoms with Crippen LogP contribution in [0.3, 0.4) is 0 Å². The number of fused-ring (bicyclic) bond motifs is 1. The molecular weight excluding hydrogens is 347 g/mol. The van der Waals surface area contributed by atoms with Crippen molar-refractivity contribution >= 4 is 19.0 Å². The lowest BCUT2D eigenvalue weighted by Crippen LogP contribution is -2.44. The van der Waals surface area contributed by atoms with Crippen molar-refractivity contribution in [2.45, 2.75) is 44.7 Å². The number of hydrogen-bond donors (Lipinski definition) is 1. The van der Waals surface area contributed by atoms with Gasteiger partial charge in [-0.15, -0.1) is 14.4 Å². The average molecular weight is 375 g/mol. The van der Waals surface area contributed by atoms with Crippen molar-refractivity contribution in [1.82, 2.24) is 29.0 Å². The van der Waals surface area contributed by atoms with Gasteiger partial charge >= 0.3 is 7.94 Å². The number of hydrogen-bond acceptors (Lipinski definition) is 6. The normalized spacial score (nSPS) is 26.4.